The maximum atomic E-state index is 10.6. The number of carbonyl (C=O) groups is 1. The number of aryl methyl sites for hydroxylation is 1. The van der Waals surface area contributed by atoms with E-state index in [4.69, 9.17) is 25.9 Å². The number of nitrogens with zero attached hydrogens (tertiary/aromatic N) is 1. The van der Waals surface area contributed by atoms with Gasteiger partial charge in [0.05, 0.1) is 0 Å². The first-order chi connectivity index (χ1) is 8.06. The van der Waals surface area contributed by atoms with Gasteiger partial charge < -0.3 is 14.3 Å². The van der Waals surface area contributed by atoms with E-state index in [2.05, 4.69) is 4.98 Å². The minimum atomic E-state index is -1.17. The van der Waals surface area contributed by atoms with Crippen molar-refractivity contribution in [3.8, 4) is 11.8 Å². The van der Waals surface area contributed by atoms with Gasteiger partial charge >= 0.3 is 12.0 Å². The molecular formula is C11H8ClNO4. The number of carboxylic acid groups (broad SMARTS) is 1. The Kier molecular flexibility index (Phi) is 3.01. The second kappa shape index (κ2) is 4.47. The standard InChI is InChI=1S/C11H8ClNO4/c1-6-4-7(12)2-3-9(6)17-11-13-8(5-16-11)10(14)15/h2-5H,1H3,(H,14,15). The average Bonchev–Trinajstić information content (AvgIpc) is 2.71. The monoisotopic (exact) mass is 253 g/mol. The molecule has 88 valence electrons. The molecule has 6 heteroatoms. The second-order valence-corrected chi connectivity index (χ2v) is 3.75. The van der Waals surface area contributed by atoms with Crippen molar-refractivity contribution in [2.24, 2.45) is 0 Å². The van der Waals surface area contributed by atoms with Crippen LogP contribution in [-0.2, 0) is 0 Å². The number of oxazole rings is 1. The van der Waals surface area contributed by atoms with Crippen molar-refractivity contribution in [3.63, 3.8) is 0 Å². The molecule has 1 N–H and O–H groups in total. The van der Waals surface area contributed by atoms with Gasteiger partial charge in [-0.15, -0.1) is 0 Å². The topological polar surface area (TPSA) is 72.6 Å². The molecular weight excluding hydrogens is 246 g/mol. The van der Waals surface area contributed by atoms with Crippen LogP contribution in [0.2, 0.25) is 5.02 Å². The van der Waals surface area contributed by atoms with Crippen LogP contribution in [0.3, 0.4) is 0 Å². The van der Waals surface area contributed by atoms with Crippen LogP contribution >= 0.6 is 11.6 Å². The Balaban J connectivity index is 2.22. The molecule has 0 aliphatic heterocycles. The third-order valence-corrected chi connectivity index (χ3v) is 2.27. The molecule has 2 aromatic rings. The van der Waals surface area contributed by atoms with E-state index in [9.17, 15) is 4.79 Å². The maximum Gasteiger partial charge on any atom is 0.399 e. The molecule has 0 saturated heterocycles. The summed E-state index contributed by atoms with van der Waals surface area (Å²) in [5.74, 6) is -0.662. The third-order valence-electron chi connectivity index (χ3n) is 2.04. The Morgan fingerprint density at radius 3 is 2.88 bits per heavy atom. The highest BCUT2D eigenvalue weighted by atomic mass is 35.5. The van der Waals surface area contributed by atoms with Crippen molar-refractivity contribution in [1.29, 1.82) is 0 Å². The zero-order valence-corrected chi connectivity index (χ0v) is 9.56. The van der Waals surface area contributed by atoms with Crippen LogP contribution in [0.25, 0.3) is 0 Å². The number of aromatic carboxylic acids is 1. The fourth-order valence-corrected chi connectivity index (χ4v) is 1.45. The number of rotatable bonds is 3. The number of benzene rings is 1. The van der Waals surface area contributed by atoms with Crippen molar-refractivity contribution in [1.82, 2.24) is 4.98 Å². The zero-order valence-electron chi connectivity index (χ0n) is 8.81. The SMILES string of the molecule is Cc1cc(Cl)ccc1Oc1nc(C(=O)O)co1. The molecule has 0 atom stereocenters. The van der Waals surface area contributed by atoms with Crippen molar-refractivity contribution in [2.45, 2.75) is 6.92 Å². The van der Waals surface area contributed by atoms with E-state index in [1.54, 1.807) is 18.2 Å². The van der Waals surface area contributed by atoms with Gasteiger partial charge in [0.25, 0.3) is 0 Å². The van der Waals surface area contributed by atoms with Gasteiger partial charge in [-0.25, -0.2) is 4.79 Å². The molecule has 0 bridgehead atoms. The van der Waals surface area contributed by atoms with Crippen molar-refractivity contribution in [3.05, 3.63) is 40.7 Å². The quantitative estimate of drug-likeness (QED) is 0.910. The Hall–Kier alpha value is -2.01. The van der Waals surface area contributed by atoms with Crippen LogP contribution in [0.1, 0.15) is 16.1 Å². The highest BCUT2D eigenvalue weighted by Crippen LogP contribution is 2.26. The molecule has 5 nitrogen and oxygen atoms in total. The summed E-state index contributed by atoms with van der Waals surface area (Å²) in [6.45, 7) is 1.81. The van der Waals surface area contributed by atoms with Gasteiger partial charge in [0.1, 0.15) is 12.0 Å². The van der Waals surface area contributed by atoms with E-state index in [1.807, 2.05) is 6.92 Å². The summed E-state index contributed by atoms with van der Waals surface area (Å²) in [5, 5.41) is 9.25. The minimum absolute atomic E-state index is 0.118. The number of ether oxygens (including phenoxy) is 1. The lowest BCUT2D eigenvalue weighted by molar-refractivity contribution is 0.0690. The minimum Gasteiger partial charge on any atom is -0.476 e. The molecule has 0 saturated carbocycles. The van der Waals surface area contributed by atoms with Crippen LogP contribution in [-0.4, -0.2) is 16.1 Å². The predicted molar refractivity (Wildman–Crippen MR) is 59.7 cm³/mol. The van der Waals surface area contributed by atoms with Crippen molar-refractivity contribution >= 4 is 17.6 Å². The van der Waals surface area contributed by atoms with Gasteiger partial charge in [-0.2, -0.15) is 4.98 Å². The van der Waals surface area contributed by atoms with E-state index >= 15 is 0 Å². The summed E-state index contributed by atoms with van der Waals surface area (Å²) in [4.78, 5) is 14.2. The first-order valence-electron chi connectivity index (χ1n) is 4.69. The van der Waals surface area contributed by atoms with Crippen LogP contribution < -0.4 is 4.74 Å². The molecule has 0 unspecified atom stereocenters. The van der Waals surface area contributed by atoms with Crippen LogP contribution in [0.15, 0.2) is 28.9 Å². The number of hydrogen-bond acceptors (Lipinski definition) is 4. The lowest BCUT2D eigenvalue weighted by atomic mass is 10.2. The molecule has 2 rings (SSSR count). The van der Waals surface area contributed by atoms with Crippen molar-refractivity contribution in [2.75, 3.05) is 0 Å². The Labute approximate surface area is 102 Å². The molecule has 0 radical (unpaired) electrons. The molecule has 17 heavy (non-hydrogen) atoms. The smallest absolute Gasteiger partial charge is 0.399 e. The van der Waals surface area contributed by atoms with Gasteiger partial charge in [0.2, 0.25) is 0 Å². The summed E-state index contributed by atoms with van der Waals surface area (Å²) in [5.41, 5.74) is 0.596. The second-order valence-electron chi connectivity index (χ2n) is 3.32. The van der Waals surface area contributed by atoms with Gasteiger partial charge in [-0.3, -0.25) is 0 Å². The van der Waals surface area contributed by atoms with E-state index in [0.717, 1.165) is 11.8 Å². The summed E-state index contributed by atoms with van der Waals surface area (Å²) in [6, 6.07) is 5.03. The molecule has 0 amide bonds. The van der Waals surface area contributed by atoms with E-state index < -0.39 is 5.97 Å². The zero-order chi connectivity index (χ0) is 12.4. The van der Waals surface area contributed by atoms with Crippen LogP contribution in [0.5, 0.6) is 11.8 Å². The summed E-state index contributed by atoms with van der Waals surface area (Å²) < 4.78 is 10.2. The highest BCUT2D eigenvalue weighted by Gasteiger charge is 2.12. The number of hydrogen-bond donors (Lipinski definition) is 1. The molecule has 0 aliphatic carbocycles. The molecule has 0 spiro atoms. The summed E-state index contributed by atoms with van der Waals surface area (Å²) in [7, 11) is 0. The van der Waals surface area contributed by atoms with E-state index in [1.165, 1.54) is 0 Å². The Morgan fingerprint density at radius 1 is 1.53 bits per heavy atom. The van der Waals surface area contributed by atoms with Gasteiger partial charge in [0, 0.05) is 5.02 Å². The largest absolute Gasteiger partial charge is 0.476 e. The first-order valence-corrected chi connectivity index (χ1v) is 5.07. The Morgan fingerprint density at radius 2 is 2.29 bits per heavy atom. The van der Waals surface area contributed by atoms with E-state index in [-0.39, 0.29) is 11.8 Å². The fourth-order valence-electron chi connectivity index (χ4n) is 1.22. The number of carboxylic acids is 1. The first kappa shape index (κ1) is 11.5. The molecule has 0 fully saturated rings. The third kappa shape index (κ3) is 2.57. The summed E-state index contributed by atoms with van der Waals surface area (Å²) >= 11 is 5.79. The molecule has 1 aromatic carbocycles. The normalized spacial score (nSPS) is 10.2. The lowest BCUT2D eigenvalue weighted by Gasteiger charge is -2.04. The lowest BCUT2D eigenvalue weighted by Crippen LogP contribution is -1.96. The number of aromatic nitrogens is 1. The molecule has 1 heterocycles. The predicted octanol–water partition coefficient (Wildman–Crippen LogP) is 3.13. The van der Waals surface area contributed by atoms with Crippen LogP contribution in [0, 0.1) is 6.92 Å². The van der Waals surface area contributed by atoms with Gasteiger partial charge in [0.15, 0.2) is 5.69 Å². The number of halogens is 1. The highest BCUT2D eigenvalue weighted by molar-refractivity contribution is 6.30. The van der Waals surface area contributed by atoms with Crippen LogP contribution in [0.4, 0.5) is 0 Å². The van der Waals surface area contributed by atoms with Crippen molar-refractivity contribution < 1.29 is 19.1 Å². The van der Waals surface area contributed by atoms with Gasteiger partial charge in [-0.05, 0) is 30.7 Å². The molecule has 1 aromatic heterocycles. The van der Waals surface area contributed by atoms with E-state index in [0.29, 0.717) is 10.8 Å². The summed E-state index contributed by atoms with van der Waals surface area (Å²) in [6.07, 6.45) is 0.899. The Bertz CT molecular complexity index is 564. The maximum absolute atomic E-state index is 10.6. The fraction of sp³-hybridized carbons (Fsp3) is 0.0909. The average molecular weight is 254 g/mol. The molecule has 0 aliphatic rings. The van der Waals surface area contributed by atoms with Gasteiger partial charge in [-0.1, -0.05) is 11.6 Å².